The molecule has 4 aromatic carbocycles. The van der Waals surface area contributed by atoms with Crippen LogP contribution in [0.3, 0.4) is 0 Å². The third kappa shape index (κ3) is 7.19. The van der Waals surface area contributed by atoms with Gasteiger partial charge in [-0.3, -0.25) is 24.6 Å². The number of benzene rings is 4. The fourth-order valence-corrected chi connectivity index (χ4v) is 8.23. The molecule has 0 aliphatic carbocycles. The van der Waals surface area contributed by atoms with Gasteiger partial charge in [0.15, 0.2) is 0 Å². The standard InChI is InChI=1S/C43H45N5O4/c49-37-13-8-33(9-14-37)39(26-30-4-2-1-3-5-30)32-6-10-35(11-7-32)46-20-18-31(19-21-46)28-45-22-24-47(25-23-45)36-12-15-38-34(27-36)29-48(43(38)52)40-16-17-41(50)44-42(40)51/h1-15,26-27,31,40,49H,16-25,28-29H2,(H,44,50,51)/b39-26+. The van der Waals surface area contributed by atoms with Crippen molar-refractivity contribution in [2.75, 3.05) is 55.6 Å². The van der Waals surface area contributed by atoms with Crippen LogP contribution in [0.5, 0.6) is 5.75 Å². The van der Waals surface area contributed by atoms with Gasteiger partial charge in [0.05, 0.1) is 0 Å². The lowest BCUT2D eigenvalue weighted by molar-refractivity contribution is -0.136. The van der Waals surface area contributed by atoms with E-state index in [1.165, 1.54) is 18.5 Å². The Hall–Kier alpha value is -5.41. The van der Waals surface area contributed by atoms with Gasteiger partial charge in [-0.05, 0) is 102 Å². The number of nitrogens with zero attached hydrogens (tertiary/aromatic N) is 4. The Morgan fingerprint density at radius 1 is 0.731 bits per heavy atom. The summed E-state index contributed by atoms with van der Waals surface area (Å²) in [7, 11) is 0. The number of aromatic hydroxyl groups is 1. The monoisotopic (exact) mass is 695 g/mol. The molecule has 0 bridgehead atoms. The van der Waals surface area contributed by atoms with Crippen LogP contribution in [0, 0.1) is 5.92 Å². The maximum atomic E-state index is 13.1. The average molecular weight is 696 g/mol. The summed E-state index contributed by atoms with van der Waals surface area (Å²) >= 11 is 0. The Labute approximate surface area is 305 Å². The van der Waals surface area contributed by atoms with Crippen LogP contribution in [0.1, 0.15) is 58.3 Å². The Balaban J connectivity index is 0.832. The van der Waals surface area contributed by atoms with Crippen molar-refractivity contribution in [2.24, 2.45) is 5.92 Å². The third-order valence-electron chi connectivity index (χ3n) is 11.2. The summed E-state index contributed by atoms with van der Waals surface area (Å²) in [6, 6.07) is 32.2. The van der Waals surface area contributed by atoms with Gasteiger partial charge in [0.1, 0.15) is 11.8 Å². The SMILES string of the molecule is O=C1CCC(N2Cc3cc(N4CCN(CC5CCN(c6ccc(/C(=C\c7ccccc7)c7ccc(O)cc7)cc6)CC5)CC4)ccc3C2=O)C(=O)N1. The zero-order valence-corrected chi connectivity index (χ0v) is 29.4. The van der Waals surface area contributed by atoms with Crippen molar-refractivity contribution in [1.82, 2.24) is 15.1 Å². The van der Waals surface area contributed by atoms with Crippen molar-refractivity contribution in [3.63, 3.8) is 0 Å². The molecular weight excluding hydrogens is 651 g/mol. The summed E-state index contributed by atoms with van der Waals surface area (Å²) in [6.45, 7) is 7.56. The first-order chi connectivity index (χ1) is 25.4. The Kier molecular flexibility index (Phi) is 9.52. The van der Waals surface area contributed by atoms with Crippen LogP contribution in [0.4, 0.5) is 11.4 Å². The second-order valence-electron chi connectivity index (χ2n) is 14.5. The van der Waals surface area contributed by atoms with Crippen LogP contribution in [0.25, 0.3) is 11.6 Å². The number of imide groups is 1. The fraction of sp³-hybridized carbons (Fsp3) is 0.326. The molecule has 1 atom stereocenters. The quantitative estimate of drug-likeness (QED) is 0.178. The first-order valence-electron chi connectivity index (χ1n) is 18.5. The van der Waals surface area contributed by atoms with E-state index in [4.69, 9.17) is 0 Å². The minimum atomic E-state index is -0.588. The summed E-state index contributed by atoms with van der Waals surface area (Å²) in [5, 5.41) is 12.3. The predicted octanol–water partition coefficient (Wildman–Crippen LogP) is 5.78. The van der Waals surface area contributed by atoms with E-state index in [1.807, 2.05) is 30.3 Å². The van der Waals surface area contributed by atoms with E-state index in [1.54, 1.807) is 17.0 Å². The van der Waals surface area contributed by atoms with Gasteiger partial charge >= 0.3 is 0 Å². The summed E-state index contributed by atoms with van der Waals surface area (Å²) < 4.78 is 0. The normalized spacial score (nSPS) is 20.3. The Morgan fingerprint density at radius 3 is 2.08 bits per heavy atom. The lowest BCUT2D eigenvalue weighted by Gasteiger charge is -2.40. The number of hydrogen-bond acceptors (Lipinski definition) is 7. The maximum absolute atomic E-state index is 13.1. The zero-order valence-electron chi connectivity index (χ0n) is 29.4. The first-order valence-corrected chi connectivity index (χ1v) is 18.5. The van der Waals surface area contributed by atoms with Crippen molar-refractivity contribution in [1.29, 1.82) is 0 Å². The molecule has 52 heavy (non-hydrogen) atoms. The molecule has 0 aromatic heterocycles. The highest BCUT2D eigenvalue weighted by Crippen LogP contribution is 2.33. The lowest BCUT2D eigenvalue weighted by Crippen LogP contribution is -2.52. The van der Waals surface area contributed by atoms with E-state index in [0.29, 0.717) is 24.4 Å². The van der Waals surface area contributed by atoms with Crippen LogP contribution in [-0.2, 0) is 16.1 Å². The number of carbonyl (C=O) groups excluding carboxylic acids is 3. The molecule has 4 heterocycles. The van der Waals surface area contributed by atoms with E-state index in [2.05, 4.69) is 80.7 Å². The zero-order chi connectivity index (χ0) is 35.6. The molecule has 4 aliphatic heterocycles. The van der Waals surface area contributed by atoms with E-state index in [-0.39, 0.29) is 29.9 Å². The van der Waals surface area contributed by atoms with Crippen molar-refractivity contribution in [2.45, 2.75) is 38.3 Å². The molecule has 3 saturated heterocycles. The molecule has 266 valence electrons. The van der Waals surface area contributed by atoms with Crippen molar-refractivity contribution >= 4 is 40.7 Å². The molecule has 0 radical (unpaired) electrons. The van der Waals surface area contributed by atoms with Gasteiger partial charge in [0.2, 0.25) is 11.8 Å². The van der Waals surface area contributed by atoms with Crippen LogP contribution >= 0.6 is 0 Å². The smallest absolute Gasteiger partial charge is 0.255 e. The largest absolute Gasteiger partial charge is 0.508 e. The van der Waals surface area contributed by atoms with Gasteiger partial charge in [-0.1, -0.05) is 54.6 Å². The van der Waals surface area contributed by atoms with E-state index in [9.17, 15) is 19.5 Å². The molecule has 9 nitrogen and oxygen atoms in total. The van der Waals surface area contributed by atoms with Crippen LogP contribution in [0.2, 0.25) is 0 Å². The number of amides is 3. The maximum Gasteiger partial charge on any atom is 0.255 e. The lowest BCUT2D eigenvalue weighted by atomic mass is 9.94. The highest BCUT2D eigenvalue weighted by Gasteiger charge is 2.39. The number of fused-ring (bicyclic) bond motifs is 1. The molecule has 0 saturated carbocycles. The molecule has 3 amide bonds. The number of anilines is 2. The number of carbonyl (C=O) groups is 3. The molecule has 0 spiro atoms. The van der Waals surface area contributed by atoms with E-state index >= 15 is 0 Å². The number of nitrogens with one attached hydrogen (secondary N) is 1. The Bertz CT molecular complexity index is 1960. The highest BCUT2D eigenvalue weighted by atomic mass is 16.3. The van der Waals surface area contributed by atoms with E-state index < -0.39 is 6.04 Å². The van der Waals surface area contributed by atoms with Gasteiger partial charge < -0.3 is 19.8 Å². The third-order valence-corrected chi connectivity index (χ3v) is 11.2. The number of rotatable bonds is 8. The molecular formula is C43H45N5O4. The molecule has 8 rings (SSSR count). The molecule has 9 heteroatoms. The second kappa shape index (κ2) is 14.7. The van der Waals surface area contributed by atoms with Gasteiger partial charge in [-0.15, -0.1) is 0 Å². The number of phenolic OH excluding ortho intramolecular Hbond substituents is 1. The van der Waals surface area contributed by atoms with Crippen molar-refractivity contribution in [3.8, 4) is 5.75 Å². The fourth-order valence-electron chi connectivity index (χ4n) is 8.23. The van der Waals surface area contributed by atoms with Crippen LogP contribution in [-0.4, -0.2) is 84.5 Å². The molecule has 2 N–H and O–H groups in total. The predicted molar refractivity (Wildman–Crippen MR) is 204 cm³/mol. The Morgan fingerprint density at radius 2 is 1.38 bits per heavy atom. The summed E-state index contributed by atoms with van der Waals surface area (Å²) in [5.74, 6) is 0.179. The number of hydrogen-bond donors (Lipinski definition) is 2. The second-order valence-corrected chi connectivity index (χ2v) is 14.5. The van der Waals surface area contributed by atoms with Gasteiger partial charge in [0.25, 0.3) is 5.91 Å². The molecule has 4 aromatic rings. The van der Waals surface area contributed by atoms with Crippen molar-refractivity contribution < 1.29 is 19.5 Å². The van der Waals surface area contributed by atoms with E-state index in [0.717, 1.165) is 79.3 Å². The molecule has 1 unspecified atom stereocenters. The minimum absolute atomic E-state index is 0.125. The number of piperazine rings is 1. The average Bonchev–Trinajstić information content (AvgIpc) is 3.50. The molecule has 4 aliphatic rings. The molecule has 3 fully saturated rings. The first kappa shape index (κ1) is 33.7. The van der Waals surface area contributed by atoms with Crippen molar-refractivity contribution in [3.05, 3.63) is 125 Å². The number of piperidine rings is 2. The topological polar surface area (TPSA) is 96.4 Å². The van der Waals surface area contributed by atoms with Gasteiger partial charge in [-0.25, -0.2) is 0 Å². The highest BCUT2D eigenvalue weighted by molar-refractivity contribution is 6.05. The summed E-state index contributed by atoms with van der Waals surface area (Å²) in [5.41, 5.74) is 8.48. The van der Waals surface area contributed by atoms with Gasteiger partial charge in [0, 0.05) is 75.7 Å². The summed E-state index contributed by atoms with van der Waals surface area (Å²) in [6.07, 6.45) is 5.20. The van der Waals surface area contributed by atoms with Crippen LogP contribution in [0.15, 0.2) is 97.1 Å². The minimum Gasteiger partial charge on any atom is -0.508 e. The van der Waals surface area contributed by atoms with Gasteiger partial charge in [-0.2, -0.15) is 0 Å². The number of phenols is 1. The summed E-state index contributed by atoms with van der Waals surface area (Å²) in [4.78, 5) is 46.3. The van der Waals surface area contributed by atoms with Crippen LogP contribution < -0.4 is 15.1 Å².